The lowest BCUT2D eigenvalue weighted by molar-refractivity contribution is -0.134. The molecule has 2 nitrogen and oxygen atoms in total. The van der Waals surface area contributed by atoms with Crippen LogP contribution in [0.2, 0.25) is 0 Å². The van der Waals surface area contributed by atoms with Crippen molar-refractivity contribution in [1.82, 2.24) is 4.90 Å². The molecule has 2 atom stereocenters. The molecule has 1 fully saturated rings. The van der Waals surface area contributed by atoms with Gasteiger partial charge in [0.25, 0.3) is 0 Å². The molecule has 0 N–H and O–H groups in total. The second-order valence-corrected chi connectivity index (χ2v) is 8.54. The van der Waals surface area contributed by atoms with E-state index in [1.807, 2.05) is 0 Å². The fourth-order valence-electron chi connectivity index (χ4n) is 4.21. The fourth-order valence-corrected chi connectivity index (χ4v) is 4.21. The summed E-state index contributed by atoms with van der Waals surface area (Å²) >= 11 is 0. The van der Waals surface area contributed by atoms with Crippen LogP contribution in [0.5, 0.6) is 0 Å². The maximum atomic E-state index is 13.1. The summed E-state index contributed by atoms with van der Waals surface area (Å²) < 4.78 is 0. The average molecular weight is 364 g/mol. The van der Waals surface area contributed by atoms with E-state index in [2.05, 4.69) is 80.3 Å². The molecule has 2 aromatic rings. The Balaban J connectivity index is 1.60. The number of likely N-dealkylation sites (tertiary alicyclic amines) is 1. The predicted octanol–water partition coefficient (Wildman–Crippen LogP) is 5.47. The lowest BCUT2D eigenvalue weighted by atomic mass is 9.90. The number of hydrogen-bond donors (Lipinski definition) is 0. The Labute approximate surface area is 164 Å². The SMILES string of the molecule is CC(C)Cc1ccc(C(C)C(=O)N2CCCC(Cc3ccccc3)C2)cc1. The van der Waals surface area contributed by atoms with E-state index in [-0.39, 0.29) is 11.8 Å². The quantitative estimate of drug-likeness (QED) is 0.666. The molecule has 1 aliphatic heterocycles. The average Bonchev–Trinajstić information content (AvgIpc) is 2.68. The largest absolute Gasteiger partial charge is 0.342 e. The van der Waals surface area contributed by atoms with Crippen LogP contribution in [0, 0.1) is 11.8 Å². The van der Waals surface area contributed by atoms with E-state index >= 15 is 0 Å². The number of rotatable bonds is 6. The summed E-state index contributed by atoms with van der Waals surface area (Å²) in [6, 6.07) is 19.3. The fraction of sp³-hybridized carbons (Fsp3) is 0.480. The highest BCUT2D eigenvalue weighted by atomic mass is 16.2. The molecule has 2 heteroatoms. The molecule has 1 saturated heterocycles. The molecule has 3 rings (SSSR count). The zero-order valence-corrected chi connectivity index (χ0v) is 17.0. The molecule has 0 bridgehead atoms. The van der Waals surface area contributed by atoms with Crippen molar-refractivity contribution in [2.75, 3.05) is 13.1 Å². The van der Waals surface area contributed by atoms with Crippen molar-refractivity contribution in [3.05, 3.63) is 71.3 Å². The van der Waals surface area contributed by atoms with Crippen LogP contribution in [0.15, 0.2) is 54.6 Å². The van der Waals surface area contributed by atoms with Crippen LogP contribution in [0.3, 0.4) is 0 Å². The van der Waals surface area contributed by atoms with Gasteiger partial charge in [0.05, 0.1) is 5.92 Å². The third-order valence-corrected chi connectivity index (χ3v) is 5.69. The Hall–Kier alpha value is -2.09. The maximum absolute atomic E-state index is 13.1. The van der Waals surface area contributed by atoms with Crippen molar-refractivity contribution in [2.45, 2.75) is 52.4 Å². The summed E-state index contributed by atoms with van der Waals surface area (Å²) in [7, 11) is 0. The lowest BCUT2D eigenvalue weighted by Crippen LogP contribution is -2.42. The molecular formula is C25H33NO. The standard InChI is InChI=1S/C25H33NO/c1-19(2)16-22-11-13-24(14-12-22)20(3)25(27)26-15-7-10-23(18-26)17-21-8-5-4-6-9-21/h4-6,8-9,11-14,19-20,23H,7,10,15-18H2,1-3H3. The van der Waals surface area contributed by atoms with E-state index in [4.69, 9.17) is 0 Å². The summed E-state index contributed by atoms with van der Waals surface area (Å²) in [6.07, 6.45) is 4.50. The van der Waals surface area contributed by atoms with Gasteiger partial charge in [-0.2, -0.15) is 0 Å². The minimum absolute atomic E-state index is 0.0615. The smallest absolute Gasteiger partial charge is 0.229 e. The highest BCUT2D eigenvalue weighted by Gasteiger charge is 2.27. The van der Waals surface area contributed by atoms with Crippen LogP contribution >= 0.6 is 0 Å². The second kappa shape index (κ2) is 9.21. The van der Waals surface area contributed by atoms with Gasteiger partial charge in [-0.3, -0.25) is 4.79 Å². The molecule has 2 aromatic carbocycles. The van der Waals surface area contributed by atoms with Gasteiger partial charge in [0, 0.05) is 13.1 Å². The molecule has 0 aromatic heterocycles. The van der Waals surface area contributed by atoms with Gasteiger partial charge in [-0.1, -0.05) is 68.4 Å². The van der Waals surface area contributed by atoms with Crippen LogP contribution < -0.4 is 0 Å². The van der Waals surface area contributed by atoms with E-state index in [0.717, 1.165) is 37.9 Å². The first kappa shape index (κ1) is 19.7. The van der Waals surface area contributed by atoms with Crippen molar-refractivity contribution in [3.63, 3.8) is 0 Å². The lowest BCUT2D eigenvalue weighted by Gasteiger charge is -2.34. The molecule has 0 saturated carbocycles. The van der Waals surface area contributed by atoms with Crippen molar-refractivity contribution >= 4 is 5.91 Å². The number of carbonyl (C=O) groups is 1. The molecule has 0 spiro atoms. The molecule has 2 unspecified atom stereocenters. The number of amides is 1. The first-order valence-electron chi connectivity index (χ1n) is 10.4. The highest BCUT2D eigenvalue weighted by Crippen LogP contribution is 2.25. The number of carbonyl (C=O) groups excluding carboxylic acids is 1. The van der Waals surface area contributed by atoms with E-state index in [1.165, 1.54) is 17.5 Å². The normalized spacial score (nSPS) is 18.5. The third kappa shape index (κ3) is 5.45. The van der Waals surface area contributed by atoms with E-state index < -0.39 is 0 Å². The molecule has 0 radical (unpaired) electrons. The summed E-state index contributed by atoms with van der Waals surface area (Å²) in [5.41, 5.74) is 3.87. The van der Waals surface area contributed by atoms with Crippen molar-refractivity contribution in [3.8, 4) is 0 Å². The second-order valence-electron chi connectivity index (χ2n) is 8.54. The minimum atomic E-state index is -0.0615. The number of benzene rings is 2. The van der Waals surface area contributed by atoms with Crippen molar-refractivity contribution in [1.29, 1.82) is 0 Å². The molecule has 1 aliphatic rings. The van der Waals surface area contributed by atoms with Gasteiger partial charge in [-0.15, -0.1) is 0 Å². The molecule has 1 amide bonds. The van der Waals surface area contributed by atoms with E-state index in [1.54, 1.807) is 0 Å². The first-order valence-corrected chi connectivity index (χ1v) is 10.4. The van der Waals surface area contributed by atoms with E-state index in [9.17, 15) is 4.79 Å². The molecular weight excluding hydrogens is 330 g/mol. The molecule has 0 aliphatic carbocycles. The van der Waals surface area contributed by atoms with Gasteiger partial charge in [0.1, 0.15) is 0 Å². The van der Waals surface area contributed by atoms with Gasteiger partial charge in [-0.05, 0) is 61.1 Å². The van der Waals surface area contributed by atoms with Crippen LogP contribution in [0.4, 0.5) is 0 Å². The van der Waals surface area contributed by atoms with Crippen LogP contribution in [0.25, 0.3) is 0 Å². The first-order chi connectivity index (χ1) is 13.0. The Morgan fingerprint density at radius 2 is 1.70 bits per heavy atom. The number of hydrogen-bond acceptors (Lipinski definition) is 1. The monoisotopic (exact) mass is 363 g/mol. The van der Waals surface area contributed by atoms with Gasteiger partial charge in [-0.25, -0.2) is 0 Å². The van der Waals surface area contributed by atoms with Crippen LogP contribution in [0.1, 0.15) is 56.2 Å². The van der Waals surface area contributed by atoms with Gasteiger partial charge < -0.3 is 4.90 Å². The zero-order chi connectivity index (χ0) is 19.2. The minimum Gasteiger partial charge on any atom is -0.342 e. The Bertz CT molecular complexity index is 720. The maximum Gasteiger partial charge on any atom is 0.229 e. The van der Waals surface area contributed by atoms with Crippen molar-refractivity contribution in [2.24, 2.45) is 11.8 Å². The zero-order valence-electron chi connectivity index (χ0n) is 17.0. The summed E-state index contributed by atoms with van der Waals surface area (Å²) in [6.45, 7) is 8.33. The van der Waals surface area contributed by atoms with Gasteiger partial charge in [0.15, 0.2) is 0 Å². The molecule has 144 valence electrons. The summed E-state index contributed by atoms with van der Waals surface area (Å²) in [5, 5.41) is 0. The number of piperidine rings is 1. The van der Waals surface area contributed by atoms with Crippen molar-refractivity contribution < 1.29 is 4.79 Å². The Morgan fingerprint density at radius 1 is 1.00 bits per heavy atom. The number of nitrogens with zero attached hydrogens (tertiary/aromatic N) is 1. The predicted molar refractivity (Wildman–Crippen MR) is 113 cm³/mol. The van der Waals surface area contributed by atoms with Gasteiger partial charge >= 0.3 is 0 Å². The van der Waals surface area contributed by atoms with E-state index in [0.29, 0.717) is 11.8 Å². The summed E-state index contributed by atoms with van der Waals surface area (Å²) in [4.78, 5) is 15.2. The Kier molecular flexibility index (Phi) is 6.71. The van der Waals surface area contributed by atoms with Crippen LogP contribution in [-0.2, 0) is 17.6 Å². The summed E-state index contributed by atoms with van der Waals surface area (Å²) in [5.74, 6) is 1.45. The van der Waals surface area contributed by atoms with Gasteiger partial charge in [0.2, 0.25) is 5.91 Å². The topological polar surface area (TPSA) is 20.3 Å². The Morgan fingerprint density at radius 3 is 2.37 bits per heavy atom. The van der Waals surface area contributed by atoms with Crippen LogP contribution in [-0.4, -0.2) is 23.9 Å². The highest BCUT2D eigenvalue weighted by molar-refractivity contribution is 5.83. The molecule has 1 heterocycles. The third-order valence-electron chi connectivity index (χ3n) is 5.69. The molecule has 27 heavy (non-hydrogen) atoms.